The van der Waals surface area contributed by atoms with Gasteiger partial charge in [-0.3, -0.25) is 0 Å². The number of ether oxygens (including phenoxy) is 3. The minimum absolute atomic E-state index is 0.341. The monoisotopic (exact) mass is 220 g/mol. The Balaban J connectivity index is 2.24. The summed E-state index contributed by atoms with van der Waals surface area (Å²) < 4.78 is 16.2. The van der Waals surface area contributed by atoms with Gasteiger partial charge in [0.05, 0.1) is 6.61 Å². The lowest BCUT2D eigenvalue weighted by Gasteiger charge is -2.26. The molecular formula is C9H16O6. The van der Waals surface area contributed by atoms with E-state index >= 15 is 0 Å². The molecule has 2 saturated heterocycles. The first-order valence-electron chi connectivity index (χ1n) is 4.90. The fourth-order valence-electron chi connectivity index (χ4n) is 2.14. The molecule has 0 spiro atoms. The molecule has 2 aliphatic rings. The van der Waals surface area contributed by atoms with E-state index in [2.05, 4.69) is 0 Å². The molecule has 2 rings (SSSR count). The zero-order valence-corrected chi connectivity index (χ0v) is 8.71. The highest BCUT2D eigenvalue weighted by atomic mass is 16.9. The van der Waals surface area contributed by atoms with Crippen molar-refractivity contribution < 1.29 is 29.5 Å². The van der Waals surface area contributed by atoms with E-state index in [0.717, 1.165) is 0 Å². The number of rotatable bonds is 2. The molecule has 0 amide bonds. The Hall–Kier alpha value is -0.240. The Labute approximate surface area is 87.4 Å². The molecule has 4 atom stereocenters. The van der Waals surface area contributed by atoms with Crippen molar-refractivity contribution in [3.05, 3.63) is 0 Å². The molecular weight excluding hydrogens is 204 g/mol. The second-order valence-corrected chi connectivity index (χ2v) is 4.34. The van der Waals surface area contributed by atoms with E-state index in [4.69, 9.17) is 19.3 Å². The lowest BCUT2D eigenvalue weighted by atomic mass is 10.1. The maximum absolute atomic E-state index is 9.79. The molecule has 0 aliphatic carbocycles. The first-order chi connectivity index (χ1) is 6.94. The Morgan fingerprint density at radius 2 is 1.87 bits per heavy atom. The number of hydrogen-bond acceptors (Lipinski definition) is 6. The predicted molar refractivity (Wildman–Crippen MR) is 47.8 cm³/mol. The molecule has 88 valence electrons. The van der Waals surface area contributed by atoms with E-state index in [9.17, 15) is 10.2 Å². The third-order valence-electron chi connectivity index (χ3n) is 2.71. The highest BCUT2D eigenvalue weighted by molar-refractivity contribution is 5.02. The third kappa shape index (κ3) is 1.57. The van der Waals surface area contributed by atoms with Crippen LogP contribution in [0.25, 0.3) is 0 Å². The maximum atomic E-state index is 9.79. The van der Waals surface area contributed by atoms with Crippen molar-refractivity contribution in [2.75, 3.05) is 13.2 Å². The summed E-state index contributed by atoms with van der Waals surface area (Å²) in [6.07, 6.45) is -2.54. The molecule has 1 unspecified atom stereocenters. The van der Waals surface area contributed by atoms with Gasteiger partial charge in [-0.1, -0.05) is 0 Å². The van der Waals surface area contributed by atoms with Crippen molar-refractivity contribution in [3.8, 4) is 0 Å². The van der Waals surface area contributed by atoms with Crippen molar-refractivity contribution in [3.63, 3.8) is 0 Å². The van der Waals surface area contributed by atoms with Gasteiger partial charge >= 0.3 is 0 Å². The number of hydrogen-bond donors (Lipinski definition) is 3. The molecule has 0 bridgehead atoms. The lowest BCUT2D eigenvalue weighted by Crippen LogP contribution is -2.43. The van der Waals surface area contributed by atoms with Crippen molar-refractivity contribution in [1.82, 2.24) is 0 Å². The average Bonchev–Trinajstić information content (AvgIpc) is 2.58. The van der Waals surface area contributed by atoms with Crippen LogP contribution < -0.4 is 0 Å². The van der Waals surface area contributed by atoms with Gasteiger partial charge in [-0.2, -0.15) is 0 Å². The largest absolute Gasteiger partial charge is 0.394 e. The first kappa shape index (κ1) is 11.3. The quantitative estimate of drug-likeness (QED) is 0.529. The van der Waals surface area contributed by atoms with Gasteiger partial charge in [0, 0.05) is 0 Å². The van der Waals surface area contributed by atoms with Gasteiger partial charge in [0.1, 0.15) is 24.9 Å². The fraction of sp³-hybridized carbons (Fsp3) is 1.00. The molecule has 0 aromatic rings. The van der Waals surface area contributed by atoms with Gasteiger partial charge in [-0.05, 0) is 13.8 Å². The molecule has 3 N–H and O–H groups in total. The number of aliphatic hydroxyl groups excluding tert-OH is 3. The standard InChI is InChI=1S/C9H16O6/c1-8(2)14-7-6(12)5(3-10)13-9(7,4-11)15-8/h5-7,10-12H,3-4H2,1-2H3/t5-,6+,7?,9-/m0/s1. The topological polar surface area (TPSA) is 88.4 Å². The molecule has 2 fully saturated rings. The van der Waals surface area contributed by atoms with Crippen LogP contribution in [0, 0.1) is 0 Å². The summed E-state index contributed by atoms with van der Waals surface area (Å²) in [7, 11) is 0. The Morgan fingerprint density at radius 3 is 2.33 bits per heavy atom. The summed E-state index contributed by atoms with van der Waals surface area (Å²) in [6, 6.07) is 0. The van der Waals surface area contributed by atoms with Crippen LogP contribution in [0.3, 0.4) is 0 Å². The van der Waals surface area contributed by atoms with Gasteiger partial charge in [0.25, 0.3) is 0 Å². The Kier molecular flexibility index (Phi) is 2.53. The Morgan fingerprint density at radius 1 is 1.20 bits per heavy atom. The predicted octanol–water partition coefficient (Wildman–Crippen LogP) is -1.42. The van der Waals surface area contributed by atoms with Crippen LogP contribution in [0.5, 0.6) is 0 Å². The smallest absolute Gasteiger partial charge is 0.224 e. The van der Waals surface area contributed by atoms with Crippen molar-refractivity contribution in [2.45, 2.75) is 43.7 Å². The van der Waals surface area contributed by atoms with Crippen molar-refractivity contribution in [2.24, 2.45) is 0 Å². The van der Waals surface area contributed by atoms with Crippen LogP contribution in [-0.4, -0.2) is 58.4 Å². The molecule has 0 aromatic carbocycles. The highest BCUT2D eigenvalue weighted by Crippen LogP contribution is 2.44. The Bertz CT molecular complexity index is 255. The SMILES string of the molecule is CC1(C)OC2[C@H](O)[C@H](CO)O[C@@]2(CO)O1. The van der Waals surface area contributed by atoms with Crippen LogP contribution in [0.4, 0.5) is 0 Å². The van der Waals surface area contributed by atoms with Crippen LogP contribution in [0.1, 0.15) is 13.8 Å². The van der Waals surface area contributed by atoms with E-state index < -0.39 is 36.5 Å². The fourth-order valence-corrected chi connectivity index (χ4v) is 2.14. The van der Waals surface area contributed by atoms with Crippen LogP contribution in [0.15, 0.2) is 0 Å². The molecule has 0 radical (unpaired) electrons. The molecule has 6 nitrogen and oxygen atoms in total. The second kappa shape index (κ2) is 3.38. The van der Waals surface area contributed by atoms with E-state index in [1.165, 1.54) is 0 Å². The van der Waals surface area contributed by atoms with Crippen LogP contribution in [-0.2, 0) is 14.2 Å². The van der Waals surface area contributed by atoms with Gasteiger partial charge < -0.3 is 29.5 Å². The summed E-state index contributed by atoms with van der Waals surface area (Å²) in [5, 5.41) is 28.0. The second-order valence-electron chi connectivity index (χ2n) is 4.34. The molecule has 2 aliphatic heterocycles. The van der Waals surface area contributed by atoms with Gasteiger partial charge in [0.15, 0.2) is 5.79 Å². The first-order valence-corrected chi connectivity index (χ1v) is 4.90. The molecule has 2 heterocycles. The summed E-state index contributed by atoms with van der Waals surface area (Å²) in [6.45, 7) is 2.58. The van der Waals surface area contributed by atoms with Crippen LogP contribution in [0.2, 0.25) is 0 Å². The van der Waals surface area contributed by atoms with E-state index in [0.29, 0.717) is 0 Å². The highest BCUT2D eigenvalue weighted by Gasteiger charge is 2.64. The lowest BCUT2D eigenvalue weighted by molar-refractivity contribution is -0.276. The minimum atomic E-state index is -1.35. The molecule has 6 heteroatoms. The average molecular weight is 220 g/mol. The molecule has 0 aromatic heterocycles. The summed E-state index contributed by atoms with van der Waals surface area (Å²) >= 11 is 0. The summed E-state index contributed by atoms with van der Waals surface area (Å²) in [5.41, 5.74) is 0. The normalized spacial score (nSPS) is 48.2. The minimum Gasteiger partial charge on any atom is -0.394 e. The van der Waals surface area contributed by atoms with E-state index in [1.807, 2.05) is 0 Å². The van der Waals surface area contributed by atoms with Crippen molar-refractivity contribution >= 4 is 0 Å². The van der Waals surface area contributed by atoms with Gasteiger partial charge in [0.2, 0.25) is 5.79 Å². The van der Waals surface area contributed by atoms with E-state index in [-0.39, 0.29) is 6.61 Å². The number of aliphatic hydroxyl groups is 3. The van der Waals surface area contributed by atoms with Gasteiger partial charge in [-0.15, -0.1) is 0 Å². The zero-order chi connectivity index (χ0) is 11.3. The van der Waals surface area contributed by atoms with Gasteiger partial charge in [-0.25, -0.2) is 0 Å². The molecule has 15 heavy (non-hydrogen) atoms. The summed E-state index contributed by atoms with van der Waals surface area (Å²) in [5.74, 6) is -2.26. The van der Waals surface area contributed by atoms with E-state index in [1.54, 1.807) is 13.8 Å². The van der Waals surface area contributed by atoms with Crippen molar-refractivity contribution in [1.29, 1.82) is 0 Å². The number of fused-ring (bicyclic) bond motifs is 1. The third-order valence-corrected chi connectivity index (χ3v) is 2.71. The zero-order valence-electron chi connectivity index (χ0n) is 8.71. The van der Waals surface area contributed by atoms with Crippen LogP contribution >= 0.6 is 0 Å². The maximum Gasteiger partial charge on any atom is 0.224 e. The molecule has 0 saturated carbocycles. The summed E-state index contributed by atoms with van der Waals surface area (Å²) in [4.78, 5) is 0.